The fraction of sp³-hybridized carbons (Fsp3) is 0.222. The molecule has 0 heterocycles. The number of halogens is 2. The molecule has 1 N–H and O–H groups in total. The van der Waals surface area contributed by atoms with Gasteiger partial charge in [0.25, 0.3) is 0 Å². The van der Waals surface area contributed by atoms with Crippen LogP contribution in [0.2, 0.25) is 5.02 Å². The summed E-state index contributed by atoms with van der Waals surface area (Å²) in [4.78, 5) is 1.97. The lowest BCUT2D eigenvalue weighted by molar-refractivity contribution is 0.232. The highest BCUT2D eigenvalue weighted by Crippen LogP contribution is 2.35. The lowest BCUT2D eigenvalue weighted by atomic mass is 9.94. The van der Waals surface area contributed by atoms with Crippen molar-refractivity contribution >= 4 is 17.2 Å². The summed E-state index contributed by atoms with van der Waals surface area (Å²) < 4.78 is 14.1. The Labute approximate surface area is 135 Å². The van der Waals surface area contributed by atoms with Crippen molar-refractivity contribution in [3.8, 4) is 0 Å². The second kappa shape index (κ2) is 7.54. The van der Waals surface area contributed by atoms with Crippen molar-refractivity contribution in [1.29, 1.82) is 0 Å². The molecule has 0 aliphatic heterocycles. The van der Waals surface area contributed by atoms with E-state index in [1.165, 1.54) is 12.1 Å². The van der Waals surface area contributed by atoms with E-state index in [1.807, 2.05) is 55.4 Å². The molecule has 0 amide bonds. The van der Waals surface area contributed by atoms with Gasteiger partial charge in [-0.25, -0.2) is 4.39 Å². The molecule has 2 nitrogen and oxygen atoms in total. The summed E-state index contributed by atoms with van der Waals surface area (Å²) in [6.07, 6.45) is 0.777. The normalized spacial score (nSPS) is 13.5. The van der Waals surface area contributed by atoms with Gasteiger partial charge in [0.05, 0.1) is 0 Å². The summed E-state index contributed by atoms with van der Waals surface area (Å²) in [7, 11) is 3.86. The molecule has 2 rings (SSSR count). The zero-order valence-corrected chi connectivity index (χ0v) is 13.4. The van der Waals surface area contributed by atoms with E-state index < -0.39 is 11.9 Å². The van der Waals surface area contributed by atoms with Gasteiger partial charge in [-0.3, -0.25) is 0 Å². The molecule has 1 atom stereocenters. The van der Waals surface area contributed by atoms with Crippen LogP contribution in [0, 0.1) is 5.82 Å². The highest BCUT2D eigenvalue weighted by molar-refractivity contribution is 6.31. The largest absolute Gasteiger partial charge is 0.383 e. The molecule has 2 aromatic carbocycles. The van der Waals surface area contributed by atoms with Crippen LogP contribution in [0.4, 0.5) is 4.39 Å². The van der Waals surface area contributed by atoms with Crippen LogP contribution < -0.4 is 0 Å². The molecule has 0 saturated heterocycles. The minimum atomic E-state index is -1.11. The second-order valence-corrected chi connectivity index (χ2v) is 5.73. The molecule has 116 valence electrons. The maximum atomic E-state index is 14.1. The number of aliphatic hydroxyl groups excluding tert-OH is 1. The number of hydrogen-bond donors (Lipinski definition) is 1. The highest BCUT2D eigenvalue weighted by atomic mass is 35.5. The van der Waals surface area contributed by atoms with Gasteiger partial charge in [-0.1, -0.05) is 54.1 Å². The maximum Gasteiger partial charge on any atom is 0.130 e. The Balaban J connectivity index is 2.47. The second-order valence-electron chi connectivity index (χ2n) is 5.33. The molecule has 1 unspecified atom stereocenters. The van der Waals surface area contributed by atoms with Crippen molar-refractivity contribution in [3.63, 3.8) is 0 Å². The van der Waals surface area contributed by atoms with Gasteiger partial charge in [-0.2, -0.15) is 0 Å². The molecule has 0 saturated carbocycles. The Morgan fingerprint density at radius 2 is 1.86 bits per heavy atom. The van der Waals surface area contributed by atoms with Crippen LogP contribution in [-0.2, 0) is 0 Å². The molecular weight excluding hydrogens is 301 g/mol. The fourth-order valence-corrected chi connectivity index (χ4v) is 2.49. The monoisotopic (exact) mass is 319 g/mol. The molecule has 0 radical (unpaired) electrons. The van der Waals surface area contributed by atoms with Gasteiger partial charge >= 0.3 is 0 Å². The van der Waals surface area contributed by atoms with E-state index >= 15 is 0 Å². The van der Waals surface area contributed by atoms with E-state index in [2.05, 4.69) is 0 Å². The predicted molar refractivity (Wildman–Crippen MR) is 89.3 cm³/mol. The van der Waals surface area contributed by atoms with Crippen LogP contribution in [-0.4, -0.2) is 30.6 Å². The highest BCUT2D eigenvalue weighted by Gasteiger charge is 2.21. The number of nitrogens with zero attached hydrogens (tertiary/aromatic N) is 1. The van der Waals surface area contributed by atoms with Gasteiger partial charge in [0.2, 0.25) is 0 Å². The molecule has 2 aromatic rings. The minimum Gasteiger partial charge on any atom is -0.383 e. The number of rotatable bonds is 5. The molecule has 0 aromatic heterocycles. The zero-order chi connectivity index (χ0) is 16.1. The van der Waals surface area contributed by atoms with Crippen LogP contribution in [0.1, 0.15) is 17.2 Å². The van der Waals surface area contributed by atoms with Crippen molar-refractivity contribution < 1.29 is 9.50 Å². The number of aliphatic hydroxyl groups is 1. The lowest BCUT2D eigenvalue weighted by Gasteiger charge is -2.19. The Kier molecular flexibility index (Phi) is 5.72. The third kappa shape index (κ3) is 3.95. The lowest BCUT2D eigenvalue weighted by Crippen LogP contribution is -2.13. The van der Waals surface area contributed by atoms with Crippen LogP contribution in [0.5, 0.6) is 0 Å². The van der Waals surface area contributed by atoms with Crippen molar-refractivity contribution in [2.45, 2.75) is 6.10 Å². The summed E-state index contributed by atoms with van der Waals surface area (Å²) in [6.45, 7) is 0.632. The number of likely N-dealkylation sites (N-methyl/N-ethyl adjacent to an activating group) is 1. The SMILES string of the molecule is CN(C)CC=C(c1ccccc1)C(O)c1c(F)cccc1Cl. The van der Waals surface area contributed by atoms with E-state index in [0.29, 0.717) is 12.1 Å². The first-order valence-electron chi connectivity index (χ1n) is 7.03. The van der Waals surface area contributed by atoms with Crippen LogP contribution >= 0.6 is 11.6 Å². The summed E-state index contributed by atoms with van der Waals surface area (Å²) in [5, 5.41) is 10.9. The summed E-state index contributed by atoms with van der Waals surface area (Å²) >= 11 is 6.08. The first kappa shape index (κ1) is 16.7. The average molecular weight is 320 g/mol. The van der Waals surface area contributed by atoms with E-state index in [-0.39, 0.29) is 10.6 Å². The molecule has 0 bridgehead atoms. The fourth-order valence-electron chi connectivity index (χ4n) is 2.23. The van der Waals surface area contributed by atoms with E-state index in [4.69, 9.17) is 11.6 Å². The van der Waals surface area contributed by atoms with Gasteiger partial charge in [0.15, 0.2) is 0 Å². The van der Waals surface area contributed by atoms with Crippen LogP contribution in [0.15, 0.2) is 54.6 Å². The van der Waals surface area contributed by atoms with Gasteiger partial charge in [0, 0.05) is 17.1 Å². The average Bonchev–Trinajstić information content (AvgIpc) is 2.48. The molecule has 0 fully saturated rings. The van der Waals surface area contributed by atoms with E-state index in [1.54, 1.807) is 6.07 Å². The van der Waals surface area contributed by atoms with Crippen molar-refractivity contribution in [3.05, 3.63) is 76.6 Å². The molecule has 22 heavy (non-hydrogen) atoms. The molecule has 4 heteroatoms. The van der Waals surface area contributed by atoms with Gasteiger partial charge in [-0.05, 0) is 37.4 Å². The first-order valence-corrected chi connectivity index (χ1v) is 7.40. The molecule has 0 aliphatic rings. The van der Waals surface area contributed by atoms with Crippen molar-refractivity contribution in [1.82, 2.24) is 4.90 Å². The third-order valence-electron chi connectivity index (χ3n) is 3.35. The standard InChI is InChI=1S/C18H19ClFNO/c1-21(2)12-11-14(13-7-4-3-5-8-13)18(22)17-15(19)9-6-10-16(17)20/h3-11,18,22H,12H2,1-2H3. The predicted octanol–water partition coefficient (Wildman–Crippen LogP) is 4.16. The molecule has 0 spiro atoms. The van der Waals surface area contributed by atoms with Crippen LogP contribution in [0.3, 0.4) is 0 Å². The number of hydrogen-bond acceptors (Lipinski definition) is 2. The van der Waals surface area contributed by atoms with Gasteiger partial charge in [0.1, 0.15) is 11.9 Å². The van der Waals surface area contributed by atoms with Crippen molar-refractivity contribution in [2.75, 3.05) is 20.6 Å². The van der Waals surface area contributed by atoms with Crippen molar-refractivity contribution in [2.24, 2.45) is 0 Å². The smallest absolute Gasteiger partial charge is 0.130 e. The minimum absolute atomic E-state index is 0.109. The maximum absolute atomic E-state index is 14.1. The topological polar surface area (TPSA) is 23.5 Å². The summed E-state index contributed by atoms with van der Waals surface area (Å²) in [5.74, 6) is -0.508. The number of benzene rings is 2. The summed E-state index contributed by atoms with van der Waals surface area (Å²) in [5.41, 5.74) is 1.59. The quantitative estimate of drug-likeness (QED) is 0.894. The zero-order valence-electron chi connectivity index (χ0n) is 12.6. The Morgan fingerprint density at radius 3 is 2.45 bits per heavy atom. The van der Waals surface area contributed by atoms with Gasteiger partial charge in [-0.15, -0.1) is 0 Å². The van der Waals surface area contributed by atoms with E-state index in [9.17, 15) is 9.50 Å². The Hall–Kier alpha value is -1.68. The van der Waals surface area contributed by atoms with Crippen LogP contribution in [0.25, 0.3) is 5.57 Å². The third-order valence-corrected chi connectivity index (χ3v) is 3.68. The summed E-state index contributed by atoms with van der Waals surface area (Å²) in [6, 6.07) is 13.9. The Bertz CT molecular complexity index is 635. The Morgan fingerprint density at radius 1 is 1.18 bits per heavy atom. The van der Waals surface area contributed by atoms with Gasteiger partial charge < -0.3 is 10.0 Å². The molecular formula is C18H19ClFNO. The molecule has 0 aliphatic carbocycles. The first-order chi connectivity index (χ1) is 10.5. The van der Waals surface area contributed by atoms with E-state index in [0.717, 1.165) is 5.56 Å².